The lowest BCUT2D eigenvalue weighted by molar-refractivity contribution is -0.121. The van der Waals surface area contributed by atoms with Gasteiger partial charge in [-0.3, -0.25) is 14.8 Å². The number of piperidine rings is 1. The summed E-state index contributed by atoms with van der Waals surface area (Å²) in [6.07, 6.45) is 7.16. The fourth-order valence-corrected chi connectivity index (χ4v) is 3.67. The van der Waals surface area contributed by atoms with Crippen molar-refractivity contribution in [3.63, 3.8) is 0 Å². The summed E-state index contributed by atoms with van der Waals surface area (Å²) in [7, 11) is 2.09. The zero-order chi connectivity index (χ0) is 17.2. The Morgan fingerprint density at radius 1 is 1.16 bits per heavy atom. The highest BCUT2D eigenvalue weighted by Gasteiger charge is 2.23. The third-order valence-electron chi connectivity index (χ3n) is 4.63. The minimum absolute atomic E-state index is 0.0664. The molecule has 0 radical (unpaired) electrons. The summed E-state index contributed by atoms with van der Waals surface area (Å²) in [4.78, 5) is 28.7. The lowest BCUT2D eigenvalue weighted by Crippen LogP contribution is -2.36. The molecule has 1 aliphatic rings. The van der Waals surface area contributed by atoms with Crippen molar-refractivity contribution in [3.05, 3.63) is 36.2 Å². The van der Waals surface area contributed by atoms with Crippen molar-refractivity contribution in [1.29, 1.82) is 0 Å². The average Bonchev–Trinajstić information content (AvgIpc) is 3.16. The quantitative estimate of drug-likeness (QED) is 0.784. The Hall–Kier alpha value is -2.38. The van der Waals surface area contributed by atoms with Crippen molar-refractivity contribution >= 4 is 33.8 Å². The third kappa shape index (κ3) is 3.52. The molecule has 6 nitrogen and oxygen atoms in total. The van der Waals surface area contributed by atoms with Gasteiger partial charge in [0.25, 0.3) is 0 Å². The Balaban J connectivity index is 1.54. The summed E-state index contributed by atoms with van der Waals surface area (Å²) in [6.45, 7) is 1.93. The van der Waals surface area contributed by atoms with Gasteiger partial charge in [-0.1, -0.05) is 0 Å². The topological polar surface area (TPSA) is 71.0 Å². The molecule has 1 saturated heterocycles. The van der Waals surface area contributed by atoms with Crippen molar-refractivity contribution in [2.75, 3.05) is 25.5 Å². The van der Waals surface area contributed by atoms with Crippen LogP contribution in [0.25, 0.3) is 21.3 Å². The van der Waals surface area contributed by atoms with E-state index in [1.807, 2.05) is 18.3 Å². The number of thiazole rings is 1. The Kier molecular flexibility index (Phi) is 4.42. The van der Waals surface area contributed by atoms with Crippen LogP contribution in [0.1, 0.15) is 12.8 Å². The van der Waals surface area contributed by atoms with Gasteiger partial charge < -0.3 is 10.2 Å². The molecule has 4 rings (SSSR count). The summed E-state index contributed by atoms with van der Waals surface area (Å²) in [5.74, 6) is 0.730. The van der Waals surface area contributed by atoms with E-state index in [-0.39, 0.29) is 11.8 Å². The van der Waals surface area contributed by atoms with Crippen molar-refractivity contribution in [1.82, 2.24) is 19.9 Å². The average molecular weight is 353 g/mol. The van der Waals surface area contributed by atoms with Gasteiger partial charge in [-0.05, 0) is 50.5 Å². The van der Waals surface area contributed by atoms with Crippen LogP contribution < -0.4 is 5.32 Å². The maximum Gasteiger partial charge on any atom is 0.228 e. The number of hydrogen-bond donors (Lipinski definition) is 1. The van der Waals surface area contributed by atoms with Gasteiger partial charge in [0.05, 0.1) is 16.1 Å². The van der Waals surface area contributed by atoms with Gasteiger partial charge in [-0.25, -0.2) is 4.98 Å². The SMILES string of the molecule is CN1CCC(C(=O)Nc2cc3cc(-c4cncs4)ncc3cn2)CC1. The van der Waals surface area contributed by atoms with Gasteiger partial charge in [0.15, 0.2) is 0 Å². The van der Waals surface area contributed by atoms with Crippen LogP contribution in [0.2, 0.25) is 0 Å². The maximum atomic E-state index is 12.5. The molecule has 0 spiro atoms. The molecular formula is C18H19N5OS. The molecule has 0 saturated carbocycles. The van der Waals surface area contributed by atoms with Gasteiger partial charge in [0, 0.05) is 29.9 Å². The summed E-state index contributed by atoms with van der Waals surface area (Å²) >= 11 is 1.56. The number of pyridine rings is 2. The van der Waals surface area contributed by atoms with Crippen molar-refractivity contribution < 1.29 is 4.79 Å². The monoisotopic (exact) mass is 353 g/mol. The Morgan fingerprint density at radius 2 is 1.96 bits per heavy atom. The molecule has 4 heterocycles. The minimum Gasteiger partial charge on any atom is -0.310 e. The van der Waals surface area contributed by atoms with Crippen LogP contribution in [0.3, 0.4) is 0 Å². The number of amides is 1. The Bertz CT molecular complexity index is 888. The number of nitrogens with zero attached hydrogens (tertiary/aromatic N) is 4. The molecule has 3 aromatic rings. The molecule has 0 aliphatic carbocycles. The predicted molar refractivity (Wildman–Crippen MR) is 99.5 cm³/mol. The van der Waals surface area contributed by atoms with E-state index in [1.165, 1.54) is 0 Å². The smallest absolute Gasteiger partial charge is 0.228 e. The summed E-state index contributed by atoms with van der Waals surface area (Å²) in [6, 6.07) is 3.92. The second-order valence-corrected chi connectivity index (χ2v) is 7.31. The van der Waals surface area contributed by atoms with Gasteiger partial charge in [-0.15, -0.1) is 11.3 Å². The van der Waals surface area contributed by atoms with Gasteiger partial charge >= 0.3 is 0 Å². The van der Waals surface area contributed by atoms with Gasteiger partial charge in [-0.2, -0.15) is 0 Å². The van der Waals surface area contributed by atoms with Crippen molar-refractivity contribution in [2.45, 2.75) is 12.8 Å². The fraction of sp³-hybridized carbons (Fsp3) is 0.333. The number of fused-ring (bicyclic) bond motifs is 1. The van der Waals surface area contributed by atoms with Crippen molar-refractivity contribution in [2.24, 2.45) is 5.92 Å². The highest BCUT2D eigenvalue weighted by atomic mass is 32.1. The van der Waals surface area contributed by atoms with Crippen molar-refractivity contribution in [3.8, 4) is 10.6 Å². The first-order chi connectivity index (χ1) is 12.2. The summed E-state index contributed by atoms with van der Waals surface area (Å²) < 4.78 is 0. The number of rotatable bonds is 3. The van der Waals surface area contributed by atoms with E-state index in [1.54, 1.807) is 29.2 Å². The number of carbonyl (C=O) groups excluding carboxylic acids is 1. The minimum atomic E-state index is 0.0664. The molecule has 1 aliphatic heterocycles. The number of nitrogens with one attached hydrogen (secondary N) is 1. The first-order valence-corrected chi connectivity index (χ1v) is 9.21. The van der Waals surface area contributed by atoms with Crippen LogP contribution in [0.4, 0.5) is 5.82 Å². The zero-order valence-corrected chi connectivity index (χ0v) is 14.8. The number of carbonyl (C=O) groups is 1. The number of anilines is 1. The molecule has 3 aromatic heterocycles. The highest BCUT2D eigenvalue weighted by molar-refractivity contribution is 7.13. The lowest BCUT2D eigenvalue weighted by atomic mass is 9.96. The molecule has 1 fully saturated rings. The van der Waals surface area contributed by atoms with Gasteiger partial charge in [0.2, 0.25) is 5.91 Å². The second-order valence-electron chi connectivity index (χ2n) is 6.42. The molecule has 1 N–H and O–H groups in total. The largest absolute Gasteiger partial charge is 0.310 e. The number of hydrogen-bond acceptors (Lipinski definition) is 6. The molecule has 0 unspecified atom stereocenters. The lowest BCUT2D eigenvalue weighted by Gasteiger charge is -2.27. The van der Waals surface area contributed by atoms with E-state index in [0.717, 1.165) is 47.3 Å². The normalized spacial score (nSPS) is 16.2. The van der Waals surface area contributed by atoms with Crippen LogP contribution in [0.5, 0.6) is 0 Å². The predicted octanol–water partition coefficient (Wildman–Crippen LogP) is 3.03. The van der Waals surface area contributed by atoms with E-state index in [9.17, 15) is 4.79 Å². The molecular weight excluding hydrogens is 334 g/mol. The second kappa shape index (κ2) is 6.85. The Morgan fingerprint density at radius 3 is 2.72 bits per heavy atom. The van der Waals surface area contributed by atoms with Crippen LogP contribution in [-0.4, -0.2) is 45.9 Å². The molecule has 0 bridgehead atoms. The first kappa shape index (κ1) is 16.1. The fourth-order valence-electron chi connectivity index (χ4n) is 3.08. The Labute approximate surface area is 149 Å². The molecule has 7 heteroatoms. The third-order valence-corrected chi connectivity index (χ3v) is 5.42. The number of likely N-dealkylation sites (tertiary alicyclic amines) is 1. The molecule has 128 valence electrons. The summed E-state index contributed by atoms with van der Waals surface area (Å²) in [5.41, 5.74) is 2.68. The maximum absolute atomic E-state index is 12.5. The van der Waals surface area contributed by atoms with Crippen LogP contribution in [0.15, 0.2) is 36.2 Å². The van der Waals surface area contributed by atoms with E-state index >= 15 is 0 Å². The van der Waals surface area contributed by atoms with Crippen LogP contribution in [0, 0.1) is 5.92 Å². The highest BCUT2D eigenvalue weighted by Crippen LogP contribution is 2.26. The molecule has 1 amide bonds. The molecule has 0 atom stereocenters. The zero-order valence-electron chi connectivity index (χ0n) is 14.0. The first-order valence-electron chi connectivity index (χ1n) is 8.33. The van der Waals surface area contributed by atoms with E-state index in [2.05, 4.69) is 32.2 Å². The molecule has 0 aromatic carbocycles. The van der Waals surface area contributed by atoms with E-state index in [4.69, 9.17) is 0 Å². The van der Waals surface area contributed by atoms with Crippen LogP contribution in [-0.2, 0) is 4.79 Å². The van der Waals surface area contributed by atoms with E-state index in [0.29, 0.717) is 5.82 Å². The molecule has 25 heavy (non-hydrogen) atoms. The number of aromatic nitrogens is 3. The summed E-state index contributed by atoms with van der Waals surface area (Å²) in [5, 5.41) is 4.93. The van der Waals surface area contributed by atoms with Gasteiger partial charge in [0.1, 0.15) is 5.82 Å². The standard InChI is InChI=1S/C18H19N5OS/c1-23-4-2-12(3-5-23)18(24)22-17-7-13-6-15(16-10-19-11-25-16)20-8-14(13)9-21-17/h6-12H,2-5H2,1H3,(H,21,22,24). The van der Waals surface area contributed by atoms with Crippen LogP contribution >= 0.6 is 11.3 Å². The van der Waals surface area contributed by atoms with E-state index < -0.39 is 0 Å².